The fraction of sp³-hybridized carbons (Fsp3) is 0.462. The number of phenols is 1. The molecular formula is C26H37N9O6. The quantitative estimate of drug-likeness (QED) is 0.0662. The highest BCUT2D eigenvalue weighted by Gasteiger charge is 2.31. The van der Waals surface area contributed by atoms with Crippen LogP contribution in [-0.4, -0.2) is 87.1 Å². The number of aromatic nitrogens is 2. The van der Waals surface area contributed by atoms with Crippen molar-refractivity contribution in [2.24, 2.45) is 16.5 Å². The van der Waals surface area contributed by atoms with E-state index in [2.05, 4.69) is 36.2 Å². The van der Waals surface area contributed by atoms with Crippen molar-refractivity contribution in [3.05, 3.63) is 48.0 Å². The van der Waals surface area contributed by atoms with E-state index in [-0.39, 0.29) is 43.4 Å². The number of hydrogen-bond donors (Lipinski definition) is 9. The molecule has 1 aromatic carbocycles. The topological polar surface area (TPSA) is 250 Å². The average molecular weight is 572 g/mol. The first-order valence-electron chi connectivity index (χ1n) is 13.3. The van der Waals surface area contributed by atoms with Gasteiger partial charge in [-0.1, -0.05) is 12.1 Å². The first-order chi connectivity index (χ1) is 19.6. The van der Waals surface area contributed by atoms with Crippen molar-refractivity contribution >= 4 is 29.7 Å². The van der Waals surface area contributed by atoms with Gasteiger partial charge in [0.25, 0.3) is 0 Å². The van der Waals surface area contributed by atoms with E-state index in [1.165, 1.54) is 24.7 Å². The molecule has 11 N–H and O–H groups in total. The number of aliphatic carboxylic acids is 1. The number of aromatic amines is 1. The van der Waals surface area contributed by atoms with Crippen LogP contribution in [0.2, 0.25) is 0 Å². The van der Waals surface area contributed by atoms with Gasteiger partial charge in [0.1, 0.15) is 23.9 Å². The highest BCUT2D eigenvalue weighted by atomic mass is 16.4. The Labute approximate surface area is 236 Å². The second-order valence-corrected chi connectivity index (χ2v) is 9.77. The Morgan fingerprint density at radius 3 is 2.34 bits per heavy atom. The second kappa shape index (κ2) is 15.2. The summed E-state index contributed by atoms with van der Waals surface area (Å²) in [7, 11) is 0. The van der Waals surface area contributed by atoms with Crippen molar-refractivity contribution in [1.82, 2.24) is 31.2 Å². The fourth-order valence-electron chi connectivity index (χ4n) is 4.39. The molecule has 4 atom stereocenters. The van der Waals surface area contributed by atoms with Crippen LogP contribution < -0.4 is 32.7 Å². The number of guanidine groups is 1. The van der Waals surface area contributed by atoms with Gasteiger partial charge in [-0.2, -0.15) is 0 Å². The zero-order valence-electron chi connectivity index (χ0n) is 22.5. The van der Waals surface area contributed by atoms with E-state index in [1.807, 2.05) is 0 Å². The minimum absolute atomic E-state index is 0.00685. The lowest BCUT2D eigenvalue weighted by Gasteiger charge is -2.25. The SMILES string of the molecule is NC(N)=NCCCC(NC(=O)C1CCCN1)C(=O)NC(Cc1ccc(O)cc1)C(=O)NC(Cc1cnc[nH]1)C(=O)O. The van der Waals surface area contributed by atoms with E-state index < -0.39 is 42.0 Å². The zero-order valence-corrected chi connectivity index (χ0v) is 22.5. The third kappa shape index (κ3) is 10.1. The van der Waals surface area contributed by atoms with Crippen LogP contribution in [0.5, 0.6) is 5.75 Å². The molecule has 3 amide bonds. The van der Waals surface area contributed by atoms with Crippen LogP contribution >= 0.6 is 0 Å². The van der Waals surface area contributed by atoms with Crippen LogP contribution in [0.1, 0.15) is 36.9 Å². The molecule has 0 aliphatic carbocycles. The molecule has 2 heterocycles. The van der Waals surface area contributed by atoms with Crippen molar-refractivity contribution in [1.29, 1.82) is 0 Å². The van der Waals surface area contributed by atoms with E-state index in [4.69, 9.17) is 11.5 Å². The van der Waals surface area contributed by atoms with Gasteiger partial charge in [-0.3, -0.25) is 19.4 Å². The summed E-state index contributed by atoms with van der Waals surface area (Å²) in [6, 6.07) is 2.11. The molecule has 0 spiro atoms. The molecule has 1 aliphatic rings. The van der Waals surface area contributed by atoms with Crippen molar-refractivity contribution in [3.63, 3.8) is 0 Å². The predicted molar refractivity (Wildman–Crippen MR) is 148 cm³/mol. The van der Waals surface area contributed by atoms with Crippen LogP contribution in [0.25, 0.3) is 0 Å². The molecular weight excluding hydrogens is 534 g/mol. The highest BCUT2D eigenvalue weighted by Crippen LogP contribution is 2.13. The van der Waals surface area contributed by atoms with Gasteiger partial charge in [0.15, 0.2) is 5.96 Å². The second-order valence-electron chi connectivity index (χ2n) is 9.77. The molecule has 0 saturated carbocycles. The summed E-state index contributed by atoms with van der Waals surface area (Å²) in [5.74, 6) is -3.04. The van der Waals surface area contributed by atoms with Gasteiger partial charge in [-0.15, -0.1) is 0 Å². The van der Waals surface area contributed by atoms with Gasteiger partial charge in [-0.05, 0) is 49.9 Å². The summed E-state index contributed by atoms with van der Waals surface area (Å²) >= 11 is 0. The third-order valence-electron chi connectivity index (χ3n) is 6.56. The first-order valence-corrected chi connectivity index (χ1v) is 13.3. The molecule has 0 radical (unpaired) electrons. The molecule has 15 heteroatoms. The number of benzene rings is 1. The number of H-pyrrole nitrogens is 1. The minimum Gasteiger partial charge on any atom is -0.508 e. The normalized spacial score (nSPS) is 16.6. The number of aromatic hydroxyl groups is 1. The number of carboxylic acids is 1. The third-order valence-corrected chi connectivity index (χ3v) is 6.56. The predicted octanol–water partition coefficient (Wildman–Crippen LogP) is -1.75. The Hall–Kier alpha value is -4.66. The molecule has 1 aromatic heterocycles. The van der Waals surface area contributed by atoms with E-state index in [1.54, 1.807) is 12.1 Å². The number of amides is 3. The van der Waals surface area contributed by atoms with E-state index in [9.17, 15) is 29.4 Å². The molecule has 0 bridgehead atoms. The van der Waals surface area contributed by atoms with E-state index >= 15 is 0 Å². The number of carbonyl (C=O) groups is 4. The maximum absolute atomic E-state index is 13.5. The molecule has 1 aliphatic heterocycles. The number of nitrogens with zero attached hydrogens (tertiary/aromatic N) is 2. The number of nitrogens with two attached hydrogens (primary N) is 2. The Morgan fingerprint density at radius 1 is 1.02 bits per heavy atom. The monoisotopic (exact) mass is 571 g/mol. The van der Waals surface area contributed by atoms with Gasteiger partial charge in [0.05, 0.1) is 12.4 Å². The van der Waals surface area contributed by atoms with Crippen LogP contribution in [0.3, 0.4) is 0 Å². The van der Waals surface area contributed by atoms with Crippen LogP contribution in [0.4, 0.5) is 0 Å². The number of rotatable bonds is 15. The molecule has 1 saturated heterocycles. The zero-order chi connectivity index (χ0) is 29.8. The summed E-state index contributed by atoms with van der Waals surface area (Å²) in [6.07, 6.45) is 4.80. The Morgan fingerprint density at radius 2 is 1.73 bits per heavy atom. The Kier molecular flexibility index (Phi) is 11.5. The summed E-state index contributed by atoms with van der Waals surface area (Å²) in [4.78, 5) is 62.2. The fourth-order valence-corrected chi connectivity index (χ4v) is 4.39. The van der Waals surface area contributed by atoms with Gasteiger partial charge >= 0.3 is 5.97 Å². The molecule has 1 fully saturated rings. The molecule has 4 unspecified atom stereocenters. The van der Waals surface area contributed by atoms with Crippen molar-refractivity contribution in [2.75, 3.05) is 13.1 Å². The van der Waals surface area contributed by atoms with E-state index in [0.29, 0.717) is 30.6 Å². The van der Waals surface area contributed by atoms with Crippen LogP contribution in [0.15, 0.2) is 41.8 Å². The lowest BCUT2D eigenvalue weighted by atomic mass is 10.0. The van der Waals surface area contributed by atoms with Gasteiger partial charge in [0, 0.05) is 31.3 Å². The summed E-state index contributed by atoms with van der Waals surface area (Å²) in [5, 5.41) is 30.4. The Balaban J connectivity index is 1.78. The molecule has 15 nitrogen and oxygen atoms in total. The van der Waals surface area contributed by atoms with Gasteiger partial charge < -0.3 is 47.9 Å². The van der Waals surface area contributed by atoms with Crippen LogP contribution in [-0.2, 0) is 32.0 Å². The summed E-state index contributed by atoms with van der Waals surface area (Å²) < 4.78 is 0. The highest BCUT2D eigenvalue weighted by molar-refractivity contribution is 5.94. The number of aliphatic imine (C=N–C) groups is 1. The lowest BCUT2D eigenvalue weighted by Crippen LogP contribution is -2.57. The van der Waals surface area contributed by atoms with Crippen molar-refractivity contribution < 1.29 is 29.4 Å². The Bertz CT molecular complexity index is 1190. The molecule has 2 aromatic rings. The first kappa shape index (κ1) is 30.9. The summed E-state index contributed by atoms with van der Waals surface area (Å²) in [6.45, 7) is 0.923. The molecule has 3 rings (SSSR count). The van der Waals surface area contributed by atoms with Crippen molar-refractivity contribution in [3.8, 4) is 5.75 Å². The van der Waals surface area contributed by atoms with Gasteiger partial charge in [-0.25, -0.2) is 9.78 Å². The number of carbonyl (C=O) groups excluding carboxylic acids is 3. The lowest BCUT2D eigenvalue weighted by molar-refractivity contribution is -0.142. The van der Waals surface area contributed by atoms with Gasteiger partial charge in [0.2, 0.25) is 17.7 Å². The number of hydrogen-bond acceptors (Lipinski definition) is 8. The minimum atomic E-state index is -1.30. The smallest absolute Gasteiger partial charge is 0.326 e. The summed E-state index contributed by atoms with van der Waals surface area (Å²) in [5.41, 5.74) is 11.9. The molecule has 222 valence electrons. The standard InChI is InChI=1S/C26H37N9O6/c27-26(28)31-10-2-4-19(33-22(37)18-3-1-9-30-18)23(38)34-20(11-15-5-7-17(36)8-6-15)24(39)35-21(25(40)41)12-16-13-29-14-32-16/h5-8,13-14,18-21,30,36H,1-4,9-12H2,(H,29,32)(H,33,37)(H,34,38)(H,35,39)(H,40,41)(H4,27,28,31). The number of nitrogens with one attached hydrogen (secondary N) is 5. The van der Waals surface area contributed by atoms with Crippen molar-refractivity contribution in [2.45, 2.75) is 62.7 Å². The number of phenolic OH excluding ortho intramolecular Hbond substituents is 1. The molecule has 41 heavy (non-hydrogen) atoms. The van der Waals surface area contributed by atoms with E-state index in [0.717, 1.165) is 6.42 Å². The average Bonchev–Trinajstić information content (AvgIpc) is 3.65. The maximum Gasteiger partial charge on any atom is 0.326 e. The largest absolute Gasteiger partial charge is 0.508 e. The number of carboxylic acid groups (broad SMARTS) is 1. The number of imidazole rings is 1. The van der Waals surface area contributed by atoms with Crippen LogP contribution in [0, 0.1) is 0 Å². The maximum atomic E-state index is 13.5.